The van der Waals surface area contributed by atoms with Gasteiger partial charge in [0, 0.05) is 6.04 Å². The van der Waals surface area contributed by atoms with E-state index >= 15 is 0 Å². The topological polar surface area (TPSA) is 55.1 Å². The third-order valence-electron chi connectivity index (χ3n) is 2.98. The van der Waals surface area contributed by atoms with E-state index in [1.807, 2.05) is 0 Å². The maximum atomic E-state index is 11.8. The first kappa shape index (κ1) is 11.4. The van der Waals surface area contributed by atoms with E-state index in [9.17, 15) is 4.79 Å². The fourth-order valence-electron chi connectivity index (χ4n) is 1.53. The maximum Gasteiger partial charge on any atom is 0.233 e. The van der Waals surface area contributed by atoms with E-state index < -0.39 is 5.41 Å². The van der Waals surface area contributed by atoms with Crippen molar-refractivity contribution >= 4 is 23.1 Å². The molecular weight excluding hydrogens is 196 g/mol. The molecule has 0 bridgehead atoms. The standard InChI is InChI=1S/C10H18N2OS/c1-3-7(4-2)12-9(13)10(5-6-10)8(11)14/h7H,3-6H2,1-2H3,(H2,11,14)(H,12,13). The Kier molecular flexibility index (Phi) is 3.48. The van der Waals surface area contributed by atoms with E-state index in [2.05, 4.69) is 19.2 Å². The lowest BCUT2D eigenvalue weighted by Crippen LogP contribution is -2.44. The largest absolute Gasteiger partial charge is 0.392 e. The van der Waals surface area contributed by atoms with Crippen LogP contribution < -0.4 is 11.1 Å². The summed E-state index contributed by atoms with van der Waals surface area (Å²) in [6, 6.07) is 0.259. The zero-order valence-corrected chi connectivity index (χ0v) is 9.62. The maximum absolute atomic E-state index is 11.8. The number of thiocarbonyl (C=S) groups is 1. The highest BCUT2D eigenvalue weighted by atomic mass is 32.1. The summed E-state index contributed by atoms with van der Waals surface area (Å²) in [5, 5.41) is 2.99. The SMILES string of the molecule is CCC(CC)NC(=O)C1(C(N)=S)CC1. The van der Waals surface area contributed by atoms with Crippen molar-refractivity contribution in [3.63, 3.8) is 0 Å². The lowest BCUT2D eigenvalue weighted by Gasteiger charge is -2.19. The van der Waals surface area contributed by atoms with Gasteiger partial charge in [-0.3, -0.25) is 4.79 Å². The molecule has 0 radical (unpaired) electrons. The number of amides is 1. The first-order valence-electron chi connectivity index (χ1n) is 5.17. The molecule has 0 aromatic carbocycles. The number of rotatable bonds is 5. The van der Waals surface area contributed by atoms with Gasteiger partial charge >= 0.3 is 0 Å². The quantitative estimate of drug-likeness (QED) is 0.679. The fourth-order valence-corrected chi connectivity index (χ4v) is 1.82. The molecule has 0 aromatic heterocycles. The van der Waals surface area contributed by atoms with Crippen molar-refractivity contribution in [2.24, 2.45) is 11.1 Å². The molecule has 1 fully saturated rings. The van der Waals surface area contributed by atoms with Crippen LogP contribution in [-0.4, -0.2) is 16.9 Å². The molecule has 1 aliphatic rings. The van der Waals surface area contributed by atoms with E-state index in [0.717, 1.165) is 25.7 Å². The van der Waals surface area contributed by atoms with Gasteiger partial charge in [0.25, 0.3) is 0 Å². The van der Waals surface area contributed by atoms with Gasteiger partial charge in [0.1, 0.15) is 0 Å². The Bertz CT molecular complexity index is 245. The lowest BCUT2D eigenvalue weighted by molar-refractivity contribution is -0.124. The summed E-state index contributed by atoms with van der Waals surface area (Å²) in [7, 11) is 0. The Balaban J connectivity index is 2.54. The molecule has 1 aliphatic carbocycles. The van der Waals surface area contributed by atoms with Crippen LogP contribution in [0.1, 0.15) is 39.5 Å². The highest BCUT2D eigenvalue weighted by molar-refractivity contribution is 7.80. The number of hydrogen-bond acceptors (Lipinski definition) is 2. The number of nitrogens with one attached hydrogen (secondary N) is 1. The monoisotopic (exact) mass is 214 g/mol. The third kappa shape index (κ3) is 2.05. The predicted octanol–water partition coefficient (Wildman–Crippen LogP) is 1.36. The molecule has 14 heavy (non-hydrogen) atoms. The zero-order valence-electron chi connectivity index (χ0n) is 8.80. The van der Waals surface area contributed by atoms with Crippen LogP contribution in [0.5, 0.6) is 0 Å². The van der Waals surface area contributed by atoms with Gasteiger partial charge in [0.05, 0.1) is 10.4 Å². The summed E-state index contributed by atoms with van der Waals surface area (Å²) >= 11 is 4.91. The molecule has 4 heteroatoms. The zero-order chi connectivity index (χ0) is 10.8. The second kappa shape index (κ2) is 4.26. The highest BCUT2D eigenvalue weighted by Crippen LogP contribution is 2.46. The molecule has 0 aromatic rings. The highest BCUT2D eigenvalue weighted by Gasteiger charge is 2.52. The second-order valence-corrected chi connectivity index (χ2v) is 4.37. The molecule has 0 atom stereocenters. The minimum absolute atomic E-state index is 0.0266. The average Bonchev–Trinajstić information content (AvgIpc) is 2.94. The van der Waals surface area contributed by atoms with Crippen LogP contribution in [0.2, 0.25) is 0 Å². The van der Waals surface area contributed by atoms with Gasteiger partial charge in [-0.2, -0.15) is 0 Å². The van der Waals surface area contributed by atoms with Crippen LogP contribution in [0, 0.1) is 5.41 Å². The average molecular weight is 214 g/mol. The molecule has 0 unspecified atom stereocenters. The first-order chi connectivity index (χ1) is 6.56. The molecule has 3 N–H and O–H groups in total. The van der Waals surface area contributed by atoms with Crippen LogP contribution in [0.15, 0.2) is 0 Å². The molecule has 1 amide bonds. The van der Waals surface area contributed by atoms with Crippen molar-refractivity contribution in [1.82, 2.24) is 5.32 Å². The Hall–Kier alpha value is -0.640. The number of nitrogens with two attached hydrogens (primary N) is 1. The van der Waals surface area contributed by atoms with Gasteiger partial charge in [-0.1, -0.05) is 26.1 Å². The third-order valence-corrected chi connectivity index (χ3v) is 3.37. The first-order valence-corrected chi connectivity index (χ1v) is 5.58. The van der Waals surface area contributed by atoms with Gasteiger partial charge in [-0.25, -0.2) is 0 Å². The minimum Gasteiger partial charge on any atom is -0.392 e. The predicted molar refractivity (Wildman–Crippen MR) is 61.0 cm³/mol. The van der Waals surface area contributed by atoms with E-state index in [4.69, 9.17) is 18.0 Å². The van der Waals surface area contributed by atoms with E-state index in [0.29, 0.717) is 4.99 Å². The van der Waals surface area contributed by atoms with Crippen molar-refractivity contribution in [2.75, 3.05) is 0 Å². The van der Waals surface area contributed by atoms with Crippen molar-refractivity contribution in [2.45, 2.75) is 45.6 Å². The second-order valence-electron chi connectivity index (χ2n) is 3.93. The van der Waals surface area contributed by atoms with Gasteiger partial charge in [0.2, 0.25) is 5.91 Å². The Labute approximate surface area is 90.4 Å². The van der Waals surface area contributed by atoms with Crippen molar-refractivity contribution < 1.29 is 4.79 Å². The van der Waals surface area contributed by atoms with E-state index in [1.54, 1.807) is 0 Å². The molecule has 80 valence electrons. The normalized spacial score (nSPS) is 17.9. The molecule has 0 spiro atoms. The van der Waals surface area contributed by atoms with Crippen LogP contribution in [0.4, 0.5) is 0 Å². The molecule has 0 heterocycles. The minimum atomic E-state index is -0.502. The fraction of sp³-hybridized carbons (Fsp3) is 0.800. The number of carbonyl (C=O) groups is 1. The van der Waals surface area contributed by atoms with Crippen LogP contribution >= 0.6 is 12.2 Å². The van der Waals surface area contributed by atoms with Crippen molar-refractivity contribution in [3.05, 3.63) is 0 Å². The van der Waals surface area contributed by atoms with Gasteiger partial charge in [-0.05, 0) is 25.7 Å². The molecule has 0 saturated heterocycles. The van der Waals surface area contributed by atoms with Crippen LogP contribution in [0.3, 0.4) is 0 Å². The van der Waals surface area contributed by atoms with E-state index in [-0.39, 0.29) is 11.9 Å². The Morgan fingerprint density at radius 3 is 2.29 bits per heavy atom. The Morgan fingerprint density at radius 2 is 2.00 bits per heavy atom. The molecule has 3 nitrogen and oxygen atoms in total. The number of carbonyl (C=O) groups excluding carboxylic acids is 1. The summed E-state index contributed by atoms with van der Waals surface area (Å²) in [6.07, 6.45) is 3.54. The molecule has 0 aliphatic heterocycles. The smallest absolute Gasteiger partial charge is 0.233 e. The van der Waals surface area contributed by atoms with Gasteiger partial charge < -0.3 is 11.1 Å². The Morgan fingerprint density at radius 1 is 1.50 bits per heavy atom. The summed E-state index contributed by atoms with van der Waals surface area (Å²) < 4.78 is 0. The summed E-state index contributed by atoms with van der Waals surface area (Å²) in [6.45, 7) is 4.13. The number of hydrogen-bond donors (Lipinski definition) is 2. The van der Waals surface area contributed by atoms with Crippen molar-refractivity contribution in [3.8, 4) is 0 Å². The van der Waals surface area contributed by atoms with Gasteiger partial charge in [0.15, 0.2) is 0 Å². The van der Waals surface area contributed by atoms with Crippen LogP contribution in [-0.2, 0) is 4.79 Å². The van der Waals surface area contributed by atoms with Crippen molar-refractivity contribution in [1.29, 1.82) is 0 Å². The summed E-state index contributed by atoms with van der Waals surface area (Å²) in [4.78, 5) is 12.2. The molecular formula is C10H18N2OS. The summed E-state index contributed by atoms with van der Waals surface area (Å²) in [5.41, 5.74) is 5.06. The molecule has 1 saturated carbocycles. The lowest BCUT2D eigenvalue weighted by atomic mass is 10.0. The van der Waals surface area contributed by atoms with Gasteiger partial charge in [-0.15, -0.1) is 0 Å². The van der Waals surface area contributed by atoms with E-state index in [1.165, 1.54) is 0 Å². The summed E-state index contributed by atoms with van der Waals surface area (Å²) in [5.74, 6) is 0.0266. The van der Waals surface area contributed by atoms with Crippen LogP contribution in [0.25, 0.3) is 0 Å². The molecule has 1 rings (SSSR count).